The van der Waals surface area contributed by atoms with E-state index in [1.165, 1.54) is 11.6 Å². The first-order valence-corrected chi connectivity index (χ1v) is 9.17. The molecule has 0 bridgehead atoms. The predicted octanol–water partition coefficient (Wildman–Crippen LogP) is 6.10. The summed E-state index contributed by atoms with van der Waals surface area (Å²) in [6, 6.07) is 5.04. The van der Waals surface area contributed by atoms with Crippen molar-refractivity contribution in [3.63, 3.8) is 0 Å². The maximum absolute atomic E-state index is 13.0. The number of rotatable bonds is 1. The summed E-state index contributed by atoms with van der Waals surface area (Å²) < 4.78 is 44.5. The lowest BCUT2D eigenvalue weighted by atomic mass is 9.86. The minimum absolute atomic E-state index is 0.150. The van der Waals surface area contributed by atoms with Gasteiger partial charge in [0.25, 0.3) is 0 Å². The number of benzene rings is 1. The second-order valence-corrected chi connectivity index (χ2v) is 7.34. The van der Waals surface area contributed by atoms with E-state index >= 15 is 0 Å². The monoisotopic (exact) mass is 376 g/mol. The fourth-order valence-electron chi connectivity index (χ4n) is 3.62. The molecule has 0 saturated carbocycles. The molecule has 1 fully saturated rings. The van der Waals surface area contributed by atoms with Crippen LogP contribution in [0.4, 0.5) is 13.2 Å². The van der Waals surface area contributed by atoms with Gasteiger partial charge >= 0.3 is 12.1 Å². The molecule has 0 unspecified atom stereocenters. The molecular weight excluding hydrogens is 353 g/mol. The lowest BCUT2D eigenvalue weighted by Crippen LogP contribution is -2.15. The topological polar surface area (TPSA) is 26.3 Å². The molecule has 0 radical (unpaired) electrons. The van der Waals surface area contributed by atoms with Gasteiger partial charge in [0.2, 0.25) is 0 Å². The summed E-state index contributed by atoms with van der Waals surface area (Å²) in [5, 5.41) is 0. The van der Waals surface area contributed by atoms with Gasteiger partial charge < -0.3 is 4.74 Å². The van der Waals surface area contributed by atoms with Crippen molar-refractivity contribution in [2.45, 2.75) is 51.8 Å². The number of allylic oxidation sites excluding steroid dienone is 3. The third-order valence-corrected chi connectivity index (χ3v) is 5.14. The number of esters is 1. The van der Waals surface area contributed by atoms with Crippen molar-refractivity contribution < 1.29 is 22.7 Å². The molecule has 0 amide bonds. The lowest BCUT2D eigenvalue weighted by Gasteiger charge is -2.17. The summed E-state index contributed by atoms with van der Waals surface area (Å²) in [5.41, 5.74) is 2.52. The van der Waals surface area contributed by atoms with Gasteiger partial charge in [-0.25, -0.2) is 4.79 Å². The summed E-state index contributed by atoms with van der Waals surface area (Å²) in [4.78, 5) is 12.5. The number of fused-ring (bicyclic) bond motifs is 1. The first-order chi connectivity index (χ1) is 12.7. The van der Waals surface area contributed by atoms with E-state index in [2.05, 4.69) is 13.0 Å². The standard InChI is InChI=1S/C22H23F3O2/c1-14-5-3-6-15(2)11-20-18(10-9-14)19(21(26)27-20)13-16-7-4-8-17(12-16)22(23,24)25/h4-5,7-8,11-13,18,20H,3,6,9-10H2,1-2H3/b14-5-,15-11-,19-13+/t18-,20-/m1/s1. The fourth-order valence-corrected chi connectivity index (χ4v) is 3.62. The number of ether oxygens (including phenoxy) is 1. The minimum atomic E-state index is -4.41. The molecule has 1 heterocycles. The van der Waals surface area contributed by atoms with E-state index in [1.54, 1.807) is 12.1 Å². The molecule has 3 rings (SSSR count). The maximum Gasteiger partial charge on any atom is 0.416 e. The molecule has 1 aromatic rings. The fraction of sp³-hybridized carbons (Fsp3) is 0.409. The normalized spacial score (nSPS) is 29.4. The Balaban J connectivity index is 1.96. The van der Waals surface area contributed by atoms with Crippen LogP contribution in [0.2, 0.25) is 0 Å². The van der Waals surface area contributed by atoms with Crippen molar-refractivity contribution in [2.24, 2.45) is 5.92 Å². The molecule has 1 aromatic carbocycles. The van der Waals surface area contributed by atoms with Crippen LogP contribution >= 0.6 is 0 Å². The van der Waals surface area contributed by atoms with Crippen LogP contribution in [-0.2, 0) is 15.7 Å². The van der Waals surface area contributed by atoms with Crippen molar-refractivity contribution >= 4 is 12.0 Å². The zero-order chi connectivity index (χ0) is 19.6. The zero-order valence-electron chi connectivity index (χ0n) is 15.5. The smallest absolute Gasteiger partial charge is 0.416 e. The highest BCUT2D eigenvalue weighted by Gasteiger charge is 2.38. The van der Waals surface area contributed by atoms with Crippen LogP contribution in [0.5, 0.6) is 0 Å². The quantitative estimate of drug-likeness (QED) is 0.336. The van der Waals surface area contributed by atoms with Gasteiger partial charge in [0, 0.05) is 11.5 Å². The van der Waals surface area contributed by atoms with Crippen molar-refractivity contribution in [2.75, 3.05) is 0 Å². The van der Waals surface area contributed by atoms with E-state index in [0.29, 0.717) is 11.1 Å². The van der Waals surface area contributed by atoms with E-state index in [-0.39, 0.29) is 12.0 Å². The molecule has 1 saturated heterocycles. The molecular formula is C22H23F3O2. The molecule has 0 N–H and O–H groups in total. The van der Waals surface area contributed by atoms with Crippen molar-refractivity contribution in [3.05, 3.63) is 64.3 Å². The predicted molar refractivity (Wildman–Crippen MR) is 98.8 cm³/mol. The van der Waals surface area contributed by atoms with Crippen LogP contribution in [0, 0.1) is 5.92 Å². The van der Waals surface area contributed by atoms with Gasteiger partial charge in [0.15, 0.2) is 0 Å². The van der Waals surface area contributed by atoms with Crippen LogP contribution in [-0.4, -0.2) is 12.1 Å². The van der Waals surface area contributed by atoms with Gasteiger partial charge in [-0.1, -0.05) is 29.4 Å². The summed E-state index contributed by atoms with van der Waals surface area (Å²) in [5.74, 6) is -0.587. The largest absolute Gasteiger partial charge is 0.454 e. The molecule has 2 atom stereocenters. The summed E-state index contributed by atoms with van der Waals surface area (Å²) in [6.07, 6.45) is 4.44. The Morgan fingerprint density at radius 2 is 1.93 bits per heavy atom. The second-order valence-electron chi connectivity index (χ2n) is 7.34. The Morgan fingerprint density at radius 1 is 1.15 bits per heavy atom. The highest BCUT2D eigenvalue weighted by atomic mass is 19.4. The molecule has 1 aliphatic carbocycles. The summed E-state index contributed by atoms with van der Waals surface area (Å²) >= 11 is 0. The first kappa shape index (κ1) is 19.5. The Bertz CT molecular complexity index is 815. The van der Waals surface area contributed by atoms with Gasteiger partial charge in [-0.2, -0.15) is 13.2 Å². The summed E-state index contributed by atoms with van der Waals surface area (Å²) in [7, 11) is 0. The van der Waals surface area contributed by atoms with E-state index in [1.807, 2.05) is 13.0 Å². The van der Waals surface area contributed by atoms with Gasteiger partial charge in [0.05, 0.1) is 5.56 Å². The van der Waals surface area contributed by atoms with Crippen LogP contribution in [0.15, 0.2) is 53.1 Å². The van der Waals surface area contributed by atoms with Gasteiger partial charge in [-0.05, 0) is 69.4 Å². The van der Waals surface area contributed by atoms with Crippen molar-refractivity contribution in [3.8, 4) is 0 Å². The molecule has 0 spiro atoms. The molecule has 5 heteroatoms. The highest BCUT2D eigenvalue weighted by molar-refractivity contribution is 5.96. The first-order valence-electron chi connectivity index (χ1n) is 9.17. The molecule has 1 aliphatic heterocycles. The van der Waals surface area contributed by atoms with Crippen LogP contribution in [0.3, 0.4) is 0 Å². The second kappa shape index (κ2) is 7.75. The maximum atomic E-state index is 13.0. The molecule has 0 aromatic heterocycles. The van der Waals surface area contributed by atoms with Crippen LogP contribution in [0.1, 0.15) is 50.7 Å². The Hall–Kier alpha value is -2.30. The Morgan fingerprint density at radius 3 is 2.67 bits per heavy atom. The SMILES string of the molecule is C/C1=C/[C@H]2OC(=O)/C(=C/c3cccc(C(F)(F)F)c3)[C@H]2CC/C(C)=C\CC1. The molecule has 27 heavy (non-hydrogen) atoms. The lowest BCUT2D eigenvalue weighted by molar-refractivity contribution is -0.138. The van der Waals surface area contributed by atoms with E-state index < -0.39 is 17.7 Å². The minimum Gasteiger partial charge on any atom is -0.454 e. The number of alkyl halides is 3. The van der Waals surface area contributed by atoms with Crippen LogP contribution in [0.25, 0.3) is 6.08 Å². The highest BCUT2D eigenvalue weighted by Crippen LogP contribution is 2.37. The Labute approximate surface area is 157 Å². The van der Waals surface area contributed by atoms with Crippen molar-refractivity contribution in [1.82, 2.24) is 0 Å². The van der Waals surface area contributed by atoms with Gasteiger partial charge in [-0.15, -0.1) is 0 Å². The number of carbonyl (C=O) groups excluding carboxylic acids is 1. The third-order valence-electron chi connectivity index (χ3n) is 5.14. The van der Waals surface area contributed by atoms with E-state index in [9.17, 15) is 18.0 Å². The van der Waals surface area contributed by atoms with Gasteiger partial charge in [-0.3, -0.25) is 0 Å². The number of hydrogen-bond acceptors (Lipinski definition) is 2. The molecule has 2 nitrogen and oxygen atoms in total. The Kier molecular flexibility index (Phi) is 5.59. The zero-order valence-corrected chi connectivity index (χ0v) is 15.5. The molecule has 144 valence electrons. The number of halogens is 3. The number of carbonyl (C=O) groups is 1. The average molecular weight is 376 g/mol. The van der Waals surface area contributed by atoms with Crippen LogP contribution < -0.4 is 0 Å². The summed E-state index contributed by atoms with van der Waals surface area (Å²) in [6.45, 7) is 4.09. The number of hydrogen-bond donors (Lipinski definition) is 0. The average Bonchev–Trinajstić information content (AvgIpc) is 2.87. The molecule has 2 aliphatic rings. The van der Waals surface area contributed by atoms with E-state index in [0.717, 1.165) is 43.4 Å². The van der Waals surface area contributed by atoms with Crippen molar-refractivity contribution in [1.29, 1.82) is 0 Å². The van der Waals surface area contributed by atoms with E-state index in [4.69, 9.17) is 4.74 Å². The van der Waals surface area contributed by atoms with Gasteiger partial charge in [0.1, 0.15) is 6.10 Å². The third kappa shape index (κ3) is 4.71.